The van der Waals surface area contributed by atoms with Crippen LogP contribution < -0.4 is 10.4 Å². The summed E-state index contributed by atoms with van der Waals surface area (Å²) < 4.78 is 7.05. The summed E-state index contributed by atoms with van der Waals surface area (Å²) in [6, 6.07) is 21.3. The molecule has 0 aliphatic heterocycles. The Balaban J connectivity index is 2.17. The summed E-state index contributed by atoms with van der Waals surface area (Å²) in [4.78, 5) is 11.6. The Bertz CT molecular complexity index is 651. The van der Waals surface area contributed by atoms with Crippen molar-refractivity contribution in [1.29, 1.82) is 0 Å². The minimum Gasteiger partial charge on any atom is -0.404 e. The van der Waals surface area contributed by atoms with Crippen molar-refractivity contribution in [3.05, 3.63) is 60.7 Å². The lowest BCUT2D eigenvalue weighted by Gasteiger charge is -2.45. The van der Waals surface area contributed by atoms with E-state index >= 15 is 0 Å². The second kappa shape index (κ2) is 7.26. The maximum Gasteiger partial charge on any atom is 0.261 e. The molecule has 0 heterocycles. The molecule has 1 fully saturated rings. The molecule has 1 aliphatic rings. The number of carbonyl (C=O) groups is 1. The zero-order valence-electron chi connectivity index (χ0n) is 15.4. The highest BCUT2D eigenvalue weighted by molar-refractivity contribution is 6.99. The summed E-state index contributed by atoms with van der Waals surface area (Å²) in [6.07, 6.45) is 4.14. The predicted molar refractivity (Wildman–Crippen MR) is 106 cm³/mol. The van der Waals surface area contributed by atoms with Crippen LogP contribution in [0.1, 0.15) is 40.0 Å². The van der Waals surface area contributed by atoms with Gasteiger partial charge in [0.05, 0.1) is 6.10 Å². The van der Waals surface area contributed by atoms with Gasteiger partial charge in [0.25, 0.3) is 8.32 Å². The Kier molecular flexibility index (Phi) is 5.26. The minimum atomic E-state index is -2.53. The largest absolute Gasteiger partial charge is 0.404 e. The molecule has 0 N–H and O–H groups in total. The number of hydrogen-bond donors (Lipinski definition) is 0. The normalized spacial score (nSPS) is 21.2. The van der Waals surface area contributed by atoms with Gasteiger partial charge >= 0.3 is 0 Å². The molecule has 1 saturated carbocycles. The minimum absolute atomic E-state index is 0.0293. The number of hydrogen-bond acceptors (Lipinski definition) is 2. The Morgan fingerprint density at radius 3 is 1.88 bits per heavy atom. The van der Waals surface area contributed by atoms with Crippen molar-refractivity contribution in [1.82, 2.24) is 0 Å². The van der Waals surface area contributed by atoms with Crippen LogP contribution in [0.4, 0.5) is 0 Å². The van der Waals surface area contributed by atoms with Gasteiger partial charge in [-0.15, -0.1) is 0 Å². The first-order valence-corrected chi connectivity index (χ1v) is 11.1. The van der Waals surface area contributed by atoms with E-state index in [1.54, 1.807) is 0 Å². The number of aldehydes is 1. The number of carbonyl (C=O) groups excluding carboxylic acids is 1. The van der Waals surface area contributed by atoms with Crippen molar-refractivity contribution < 1.29 is 9.22 Å². The van der Waals surface area contributed by atoms with Gasteiger partial charge in [0.15, 0.2) is 0 Å². The van der Waals surface area contributed by atoms with E-state index in [0.29, 0.717) is 0 Å². The standard InChI is InChI=1S/C22H28O2Si/c1-22(2,3)25(19-12-6-4-7-13-19,20-14-8-5-9-15-20)24-21-16-10-11-18(21)17-23/h4-9,12-15,17-18,21H,10-11,16H2,1-3H3/t18-,21+/m0/s1. The lowest BCUT2D eigenvalue weighted by atomic mass is 10.1. The quantitative estimate of drug-likeness (QED) is 0.602. The lowest BCUT2D eigenvalue weighted by Crippen LogP contribution is -2.68. The van der Waals surface area contributed by atoms with Gasteiger partial charge < -0.3 is 9.22 Å². The van der Waals surface area contributed by atoms with Gasteiger partial charge in [0.2, 0.25) is 0 Å². The number of rotatable bonds is 5. The van der Waals surface area contributed by atoms with Gasteiger partial charge in [0.1, 0.15) is 6.29 Å². The summed E-state index contributed by atoms with van der Waals surface area (Å²) in [5.74, 6) is 0.0293. The molecular weight excluding hydrogens is 324 g/mol. The van der Waals surface area contributed by atoms with E-state index in [2.05, 4.69) is 81.4 Å². The van der Waals surface area contributed by atoms with Crippen LogP contribution in [0.2, 0.25) is 5.04 Å². The van der Waals surface area contributed by atoms with Crippen LogP contribution in [0, 0.1) is 5.92 Å². The molecule has 0 radical (unpaired) electrons. The van der Waals surface area contributed by atoms with Gasteiger partial charge in [-0.25, -0.2) is 0 Å². The van der Waals surface area contributed by atoms with E-state index in [9.17, 15) is 4.79 Å². The van der Waals surface area contributed by atoms with Crippen molar-refractivity contribution in [3.8, 4) is 0 Å². The average molecular weight is 353 g/mol. The van der Waals surface area contributed by atoms with E-state index in [0.717, 1.165) is 25.5 Å². The van der Waals surface area contributed by atoms with Crippen LogP contribution >= 0.6 is 0 Å². The summed E-state index contributed by atoms with van der Waals surface area (Å²) in [5, 5.41) is 2.53. The molecule has 0 unspecified atom stereocenters. The molecule has 1 aliphatic carbocycles. The third kappa shape index (κ3) is 3.36. The van der Waals surface area contributed by atoms with Gasteiger partial charge in [-0.05, 0) is 28.3 Å². The van der Waals surface area contributed by atoms with Crippen molar-refractivity contribution in [2.75, 3.05) is 0 Å². The Hall–Kier alpha value is -1.71. The fraction of sp³-hybridized carbons (Fsp3) is 0.409. The van der Waals surface area contributed by atoms with Crippen LogP contribution in [0.5, 0.6) is 0 Å². The topological polar surface area (TPSA) is 26.3 Å². The van der Waals surface area contributed by atoms with E-state index in [1.165, 1.54) is 10.4 Å². The van der Waals surface area contributed by atoms with Gasteiger partial charge in [0, 0.05) is 5.92 Å². The summed E-state index contributed by atoms with van der Waals surface area (Å²) in [5.41, 5.74) is 0. The Morgan fingerprint density at radius 2 is 1.44 bits per heavy atom. The van der Waals surface area contributed by atoms with E-state index in [4.69, 9.17) is 4.43 Å². The van der Waals surface area contributed by atoms with E-state index < -0.39 is 8.32 Å². The Morgan fingerprint density at radius 1 is 0.920 bits per heavy atom. The molecule has 0 bridgehead atoms. The van der Waals surface area contributed by atoms with Crippen molar-refractivity contribution in [3.63, 3.8) is 0 Å². The average Bonchev–Trinajstić information content (AvgIpc) is 3.07. The van der Waals surface area contributed by atoms with Crippen molar-refractivity contribution in [2.45, 2.75) is 51.2 Å². The molecule has 2 aromatic carbocycles. The summed E-state index contributed by atoms with van der Waals surface area (Å²) in [7, 11) is -2.53. The van der Waals surface area contributed by atoms with Crippen LogP contribution in [-0.2, 0) is 9.22 Å². The molecule has 2 atom stereocenters. The Labute approximate surface area is 152 Å². The lowest BCUT2D eigenvalue weighted by molar-refractivity contribution is -0.113. The van der Waals surface area contributed by atoms with Crippen LogP contribution in [0.3, 0.4) is 0 Å². The van der Waals surface area contributed by atoms with Gasteiger partial charge in [-0.2, -0.15) is 0 Å². The highest BCUT2D eigenvalue weighted by Gasteiger charge is 2.52. The highest BCUT2D eigenvalue weighted by Crippen LogP contribution is 2.40. The molecule has 0 amide bonds. The molecule has 132 valence electrons. The SMILES string of the molecule is CC(C)(C)[Si](O[C@@H]1CCC[C@H]1C=O)(c1ccccc1)c1ccccc1. The second-order valence-corrected chi connectivity index (χ2v) is 12.3. The monoisotopic (exact) mass is 352 g/mol. The van der Waals surface area contributed by atoms with Crippen LogP contribution in [0.25, 0.3) is 0 Å². The molecule has 3 rings (SSSR count). The zero-order valence-corrected chi connectivity index (χ0v) is 16.4. The molecular formula is C22H28O2Si. The van der Waals surface area contributed by atoms with E-state index in [-0.39, 0.29) is 17.1 Å². The van der Waals surface area contributed by atoms with Crippen LogP contribution in [-0.4, -0.2) is 20.7 Å². The van der Waals surface area contributed by atoms with Crippen molar-refractivity contribution >= 4 is 25.0 Å². The molecule has 25 heavy (non-hydrogen) atoms. The first-order valence-electron chi connectivity index (χ1n) is 9.23. The maximum absolute atomic E-state index is 11.6. The highest BCUT2D eigenvalue weighted by atomic mass is 28.4. The third-order valence-corrected chi connectivity index (χ3v) is 10.5. The maximum atomic E-state index is 11.6. The summed E-state index contributed by atoms with van der Waals surface area (Å²) in [6.45, 7) is 6.85. The van der Waals surface area contributed by atoms with E-state index in [1.807, 2.05) is 0 Å². The second-order valence-electron chi connectivity index (χ2n) is 8.05. The first-order chi connectivity index (χ1) is 12.0. The summed E-state index contributed by atoms with van der Waals surface area (Å²) >= 11 is 0. The molecule has 2 aromatic rings. The fourth-order valence-electron chi connectivity index (χ4n) is 4.18. The van der Waals surface area contributed by atoms with Crippen molar-refractivity contribution in [2.24, 2.45) is 5.92 Å². The zero-order chi connectivity index (χ0) is 17.9. The molecule has 0 aromatic heterocycles. The molecule has 0 saturated heterocycles. The number of benzene rings is 2. The predicted octanol–water partition coefficient (Wildman–Crippen LogP) is 3.93. The van der Waals surface area contributed by atoms with Crippen LogP contribution in [0.15, 0.2) is 60.7 Å². The molecule has 3 heteroatoms. The van der Waals surface area contributed by atoms with Gasteiger partial charge in [-0.1, -0.05) is 87.9 Å². The van der Waals surface area contributed by atoms with Gasteiger partial charge in [-0.3, -0.25) is 0 Å². The smallest absolute Gasteiger partial charge is 0.261 e. The fourth-order valence-corrected chi connectivity index (χ4v) is 8.94. The first kappa shape index (κ1) is 18.1. The molecule has 0 spiro atoms. The third-order valence-electron chi connectivity index (χ3n) is 5.42. The molecule has 2 nitrogen and oxygen atoms in total.